The van der Waals surface area contributed by atoms with Crippen LogP contribution in [0.5, 0.6) is 0 Å². The monoisotopic (exact) mass is 353 g/mol. The molecule has 2 rings (SSSR count). The largest absolute Gasteiger partial charge is 0.455 e. The molecule has 0 aliphatic heterocycles. The molecule has 1 N–H and O–H groups in total. The summed E-state index contributed by atoms with van der Waals surface area (Å²) in [4.78, 5) is 24.0. The van der Waals surface area contributed by atoms with Crippen LogP contribution < -0.4 is 5.32 Å². The summed E-state index contributed by atoms with van der Waals surface area (Å²) >= 11 is 1.06. The lowest BCUT2D eigenvalue weighted by atomic mass is 9.78. The molecule has 1 saturated carbocycles. The third-order valence-electron chi connectivity index (χ3n) is 4.60. The van der Waals surface area contributed by atoms with E-state index in [0.29, 0.717) is 16.7 Å². The number of hydrogen-bond acceptors (Lipinski definition) is 4. The Balaban J connectivity index is 1.69. The van der Waals surface area contributed by atoms with Gasteiger partial charge in [-0.1, -0.05) is 38.8 Å². The molecule has 0 unspecified atom stereocenters. The van der Waals surface area contributed by atoms with Crippen molar-refractivity contribution in [3.05, 3.63) is 30.1 Å². The van der Waals surface area contributed by atoms with E-state index >= 15 is 0 Å². The summed E-state index contributed by atoms with van der Waals surface area (Å²) in [5, 5.41) is 2.95. The molecule has 1 aromatic rings. The highest BCUT2D eigenvalue weighted by molar-refractivity contribution is 8.00. The van der Waals surface area contributed by atoms with Crippen molar-refractivity contribution in [2.45, 2.75) is 44.0 Å². The van der Waals surface area contributed by atoms with Crippen molar-refractivity contribution in [2.24, 2.45) is 11.8 Å². The van der Waals surface area contributed by atoms with Crippen molar-refractivity contribution in [2.75, 3.05) is 12.4 Å². The number of amides is 1. The first-order valence-corrected chi connectivity index (χ1v) is 9.28. The maximum absolute atomic E-state index is 13.4. The molecule has 3 atom stereocenters. The first-order valence-electron chi connectivity index (χ1n) is 8.29. The topological polar surface area (TPSA) is 55.4 Å². The Kier molecular flexibility index (Phi) is 7.09. The zero-order valence-electron chi connectivity index (χ0n) is 14.1. The van der Waals surface area contributed by atoms with E-state index in [-0.39, 0.29) is 30.1 Å². The average molecular weight is 353 g/mol. The Labute approximate surface area is 146 Å². The number of halogens is 1. The molecule has 0 heterocycles. The van der Waals surface area contributed by atoms with E-state index in [1.54, 1.807) is 18.2 Å². The summed E-state index contributed by atoms with van der Waals surface area (Å²) in [5.41, 5.74) is 0. The van der Waals surface area contributed by atoms with Crippen LogP contribution in [-0.4, -0.2) is 30.3 Å². The minimum Gasteiger partial charge on any atom is -0.455 e. The highest BCUT2D eigenvalue weighted by atomic mass is 32.2. The molecule has 4 nitrogen and oxygen atoms in total. The molecular weight excluding hydrogens is 329 g/mol. The number of carbonyl (C=O) groups is 2. The standard InChI is InChI=1S/C18H24FNO3S/c1-12-6-5-8-15(13(12)2)20-17(21)10-23-18(22)11-24-16-9-4-3-7-14(16)19/h3-4,7,9,12-13,15H,5-6,8,10-11H2,1-2H3,(H,20,21)/t12-,13-,15-/m1/s1. The molecule has 6 heteroatoms. The maximum Gasteiger partial charge on any atom is 0.316 e. The number of rotatable bonds is 6. The van der Waals surface area contributed by atoms with Gasteiger partial charge in [0.05, 0.1) is 5.75 Å². The Bertz CT molecular complexity index is 581. The second-order valence-corrected chi connectivity index (χ2v) is 7.34. The maximum atomic E-state index is 13.4. The van der Waals surface area contributed by atoms with Crippen LogP contribution in [0.2, 0.25) is 0 Å². The first kappa shape index (κ1) is 18.8. The van der Waals surface area contributed by atoms with E-state index in [1.165, 1.54) is 12.5 Å². The van der Waals surface area contributed by atoms with E-state index in [2.05, 4.69) is 19.2 Å². The van der Waals surface area contributed by atoms with Gasteiger partial charge >= 0.3 is 5.97 Å². The van der Waals surface area contributed by atoms with Gasteiger partial charge < -0.3 is 10.1 Å². The fourth-order valence-electron chi connectivity index (χ4n) is 2.92. The van der Waals surface area contributed by atoms with Gasteiger partial charge in [-0.2, -0.15) is 0 Å². The Morgan fingerprint density at radius 1 is 1.29 bits per heavy atom. The number of nitrogens with one attached hydrogen (secondary N) is 1. The van der Waals surface area contributed by atoms with E-state index in [4.69, 9.17) is 4.74 Å². The van der Waals surface area contributed by atoms with Gasteiger partial charge in [0.2, 0.25) is 0 Å². The predicted octanol–water partition coefficient (Wildman–Crippen LogP) is 3.40. The van der Waals surface area contributed by atoms with Gasteiger partial charge in [0, 0.05) is 10.9 Å². The summed E-state index contributed by atoms with van der Waals surface area (Å²) < 4.78 is 18.4. The number of hydrogen-bond donors (Lipinski definition) is 1. The highest BCUT2D eigenvalue weighted by Crippen LogP contribution is 2.29. The third kappa shape index (κ3) is 5.51. The smallest absolute Gasteiger partial charge is 0.316 e. The molecule has 0 spiro atoms. The Hall–Kier alpha value is -1.56. The van der Waals surface area contributed by atoms with Gasteiger partial charge in [-0.05, 0) is 30.4 Å². The Morgan fingerprint density at radius 3 is 2.79 bits per heavy atom. The minimum atomic E-state index is -0.525. The van der Waals surface area contributed by atoms with Crippen LogP contribution in [0.3, 0.4) is 0 Å². The van der Waals surface area contributed by atoms with Gasteiger partial charge in [-0.15, -0.1) is 11.8 Å². The summed E-state index contributed by atoms with van der Waals surface area (Å²) in [7, 11) is 0. The summed E-state index contributed by atoms with van der Waals surface area (Å²) in [6.07, 6.45) is 3.26. The molecule has 1 aromatic carbocycles. The van der Waals surface area contributed by atoms with Gasteiger partial charge in [0.25, 0.3) is 5.91 Å². The van der Waals surface area contributed by atoms with Crippen molar-refractivity contribution in [3.8, 4) is 0 Å². The summed E-state index contributed by atoms with van der Waals surface area (Å²) in [6, 6.07) is 6.39. The van der Waals surface area contributed by atoms with Gasteiger partial charge in [-0.3, -0.25) is 9.59 Å². The molecule has 0 bridgehead atoms. The van der Waals surface area contributed by atoms with Crippen molar-refractivity contribution < 1.29 is 18.7 Å². The number of ether oxygens (including phenoxy) is 1. The number of thioether (sulfide) groups is 1. The predicted molar refractivity (Wildman–Crippen MR) is 92.2 cm³/mol. The first-order chi connectivity index (χ1) is 11.5. The van der Waals surface area contributed by atoms with E-state index < -0.39 is 5.97 Å². The molecule has 1 aliphatic rings. The van der Waals surface area contributed by atoms with Crippen LogP contribution in [0.1, 0.15) is 33.1 Å². The highest BCUT2D eigenvalue weighted by Gasteiger charge is 2.28. The van der Waals surface area contributed by atoms with Crippen LogP contribution >= 0.6 is 11.8 Å². The molecular formula is C18H24FNO3S. The van der Waals surface area contributed by atoms with E-state index in [1.807, 2.05) is 0 Å². The molecule has 24 heavy (non-hydrogen) atoms. The lowest BCUT2D eigenvalue weighted by Crippen LogP contribution is -2.45. The van der Waals surface area contributed by atoms with Crippen LogP contribution in [0.4, 0.5) is 4.39 Å². The molecule has 132 valence electrons. The number of carbonyl (C=O) groups excluding carboxylic acids is 2. The molecule has 1 amide bonds. The fourth-order valence-corrected chi connectivity index (χ4v) is 3.66. The zero-order chi connectivity index (χ0) is 17.5. The van der Waals surface area contributed by atoms with E-state index in [0.717, 1.165) is 24.6 Å². The average Bonchev–Trinajstić information content (AvgIpc) is 2.56. The molecule has 1 aliphatic carbocycles. The van der Waals surface area contributed by atoms with Crippen LogP contribution in [0.15, 0.2) is 29.2 Å². The molecule has 0 aromatic heterocycles. The van der Waals surface area contributed by atoms with E-state index in [9.17, 15) is 14.0 Å². The third-order valence-corrected chi connectivity index (χ3v) is 5.62. The van der Waals surface area contributed by atoms with Crippen LogP contribution in [-0.2, 0) is 14.3 Å². The van der Waals surface area contributed by atoms with Gasteiger partial charge in [-0.25, -0.2) is 4.39 Å². The SMILES string of the molecule is C[C@@H]1[C@H](C)CCC[C@H]1NC(=O)COC(=O)CSc1ccccc1F. The quantitative estimate of drug-likeness (QED) is 0.629. The summed E-state index contributed by atoms with van der Waals surface area (Å²) in [6.45, 7) is 4.06. The van der Waals surface area contributed by atoms with Crippen molar-refractivity contribution in [1.29, 1.82) is 0 Å². The molecule has 1 fully saturated rings. The normalized spacial score (nSPS) is 23.5. The number of benzene rings is 1. The zero-order valence-corrected chi connectivity index (χ0v) is 14.9. The minimum absolute atomic E-state index is 0.0227. The van der Waals surface area contributed by atoms with Crippen LogP contribution in [0, 0.1) is 17.7 Å². The second kappa shape index (κ2) is 9.06. The second-order valence-electron chi connectivity index (χ2n) is 6.32. The molecule has 0 radical (unpaired) electrons. The lowest BCUT2D eigenvalue weighted by molar-refractivity contribution is -0.146. The van der Waals surface area contributed by atoms with Gasteiger partial charge in [0.1, 0.15) is 5.82 Å². The van der Waals surface area contributed by atoms with Crippen molar-refractivity contribution in [1.82, 2.24) is 5.32 Å². The van der Waals surface area contributed by atoms with Crippen molar-refractivity contribution >= 4 is 23.6 Å². The van der Waals surface area contributed by atoms with Crippen molar-refractivity contribution in [3.63, 3.8) is 0 Å². The lowest BCUT2D eigenvalue weighted by Gasteiger charge is -2.34. The Morgan fingerprint density at radius 2 is 2.04 bits per heavy atom. The van der Waals surface area contributed by atoms with Crippen LogP contribution in [0.25, 0.3) is 0 Å². The fraction of sp³-hybridized carbons (Fsp3) is 0.556. The molecule has 0 saturated heterocycles. The number of esters is 1. The van der Waals surface area contributed by atoms with Gasteiger partial charge in [0.15, 0.2) is 6.61 Å². The summed E-state index contributed by atoms with van der Waals surface area (Å²) in [5.74, 6) is -0.175.